The van der Waals surface area contributed by atoms with Gasteiger partial charge in [-0.1, -0.05) is 36.4 Å². The van der Waals surface area contributed by atoms with Crippen LogP contribution in [0.2, 0.25) is 0 Å². The van der Waals surface area contributed by atoms with Gasteiger partial charge < -0.3 is 10.2 Å². The molecule has 3 heterocycles. The van der Waals surface area contributed by atoms with Crippen molar-refractivity contribution in [2.45, 2.75) is 25.6 Å². The number of benzene rings is 2. The molecule has 164 valence electrons. The number of hydrogen-bond acceptors (Lipinski definition) is 4. The highest BCUT2D eigenvalue weighted by molar-refractivity contribution is 5.94. The van der Waals surface area contributed by atoms with Gasteiger partial charge in [0.1, 0.15) is 17.5 Å². The standard InChI is InChI=1S/C25H24F2N4O/c26-21-7-6-18(23(27)12-21)13-29-25(32)20-10-19-11-22-16-30(15-17-4-2-1-3-5-17)8-9-31(22)24(19)28-14-20/h1-7,10,12,14,22H,8-9,11,13,15-16H2,(H,29,32). The highest BCUT2D eigenvalue weighted by atomic mass is 19.1. The Balaban J connectivity index is 1.23. The van der Waals surface area contributed by atoms with E-state index >= 15 is 0 Å². The monoisotopic (exact) mass is 434 g/mol. The average Bonchev–Trinajstić information content (AvgIpc) is 3.16. The first-order chi connectivity index (χ1) is 15.6. The van der Waals surface area contributed by atoms with E-state index in [-0.39, 0.29) is 18.0 Å². The molecule has 1 saturated heterocycles. The van der Waals surface area contributed by atoms with Crippen molar-refractivity contribution < 1.29 is 13.6 Å². The van der Waals surface area contributed by atoms with Crippen LogP contribution in [-0.4, -0.2) is 41.5 Å². The normalized spacial score (nSPS) is 17.7. The second-order valence-electron chi connectivity index (χ2n) is 8.40. The zero-order valence-electron chi connectivity index (χ0n) is 17.6. The first-order valence-electron chi connectivity index (χ1n) is 10.8. The number of nitrogens with one attached hydrogen (secondary N) is 1. The third-order valence-electron chi connectivity index (χ3n) is 6.20. The molecular formula is C25H24F2N4O. The van der Waals surface area contributed by atoms with Crippen LogP contribution in [0.3, 0.4) is 0 Å². The lowest BCUT2D eigenvalue weighted by Crippen LogP contribution is -2.51. The van der Waals surface area contributed by atoms with Gasteiger partial charge in [-0.05, 0) is 29.7 Å². The molecule has 1 atom stereocenters. The number of rotatable bonds is 5. The Labute approximate surface area is 185 Å². The SMILES string of the molecule is O=C(NCc1ccc(F)cc1F)c1cnc2c(c1)CC1CN(Cc3ccccc3)CCN21. The van der Waals surface area contributed by atoms with Gasteiger partial charge in [-0.3, -0.25) is 9.69 Å². The molecule has 0 spiro atoms. The summed E-state index contributed by atoms with van der Waals surface area (Å²) in [5.41, 5.74) is 3.07. The number of nitrogens with zero attached hydrogens (tertiary/aromatic N) is 3. The number of anilines is 1. The molecule has 5 rings (SSSR count). The predicted molar refractivity (Wildman–Crippen MR) is 118 cm³/mol. The number of aromatic nitrogens is 1. The number of carbonyl (C=O) groups is 1. The van der Waals surface area contributed by atoms with E-state index in [1.54, 1.807) is 6.20 Å². The van der Waals surface area contributed by atoms with Crippen molar-refractivity contribution in [1.29, 1.82) is 0 Å². The van der Waals surface area contributed by atoms with Crippen LogP contribution in [0.1, 0.15) is 27.0 Å². The average molecular weight is 434 g/mol. The largest absolute Gasteiger partial charge is 0.350 e. The van der Waals surface area contributed by atoms with Crippen LogP contribution < -0.4 is 10.2 Å². The van der Waals surface area contributed by atoms with E-state index in [2.05, 4.69) is 44.4 Å². The van der Waals surface area contributed by atoms with E-state index in [4.69, 9.17) is 0 Å². The number of halogens is 2. The Hall–Kier alpha value is -3.32. The van der Waals surface area contributed by atoms with Gasteiger partial charge in [0.15, 0.2) is 0 Å². The molecule has 1 amide bonds. The van der Waals surface area contributed by atoms with E-state index in [1.165, 1.54) is 17.7 Å². The minimum atomic E-state index is -0.672. The molecular weight excluding hydrogens is 410 g/mol. The van der Waals surface area contributed by atoms with E-state index in [0.717, 1.165) is 50.0 Å². The summed E-state index contributed by atoms with van der Waals surface area (Å²) in [6.07, 6.45) is 2.43. The fraction of sp³-hybridized carbons (Fsp3) is 0.280. The Morgan fingerprint density at radius 1 is 1.09 bits per heavy atom. The molecule has 1 fully saturated rings. The minimum absolute atomic E-state index is 0.00870. The van der Waals surface area contributed by atoms with Crippen molar-refractivity contribution in [2.24, 2.45) is 0 Å². The molecule has 1 unspecified atom stereocenters. The van der Waals surface area contributed by atoms with Crippen LogP contribution in [0.5, 0.6) is 0 Å². The Morgan fingerprint density at radius 2 is 1.94 bits per heavy atom. The van der Waals surface area contributed by atoms with Crippen molar-refractivity contribution in [1.82, 2.24) is 15.2 Å². The number of hydrogen-bond donors (Lipinski definition) is 1. The van der Waals surface area contributed by atoms with Crippen molar-refractivity contribution in [2.75, 3.05) is 24.5 Å². The zero-order chi connectivity index (χ0) is 22.1. The van der Waals surface area contributed by atoms with E-state index < -0.39 is 11.6 Å². The van der Waals surface area contributed by atoms with Crippen LogP contribution in [0.15, 0.2) is 60.8 Å². The fourth-order valence-electron chi connectivity index (χ4n) is 4.59. The molecule has 1 aromatic heterocycles. The number of amides is 1. The third kappa shape index (κ3) is 4.21. The van der Waals surface area contributed by atoms with E-state index in [9.17, 15) is 13.6 Å². The summed E-state index contributed by atoms with van der Waals surface area (Å²) in [6.45, 7) is 3.76. The summed E-state index contributed by atoms with van der Waals surface area (Å²) < 4.78 is 26.9. The number of carbonyl (C=O) groups excluding carboxylic acids is 1. The summed E-state index contributed by atoms with van der Waals surface area (Å²) >= 11 is 0. The number of pyridine rings is 1. The summed E-state index contributed by atoms with van der Waals surface area (Å²) in [7, 11) is 0. The molecule has 2 aromatic carbocycles. The Kier molecular flexibility index (Phi) is 5.57. The maximum atomic E-state index is 13.8. The molecule has 0 saturated carbocycles. The smallest absolute Gasteiger partial charge is 0.253 e. The summed E-state index contributed by atoms with van der Waals surface area (Å²) in [4.78, 5) is 22.0. The molecule has 0 aliphatic carbocycles. The van der Waals surface area contributed by atoms with Crippen LogP contribution in [0.25, 0.3) is 0 Å². The van der Waals surface area contributed by atoms with Gasteiger partial charge in [-0.15, -0.1) is 0 Å². The predicted octanol–water partition coefficient (Wildman–Crippen LogP) is 3.54. The molecule has 0 radical (unpaired) electrons. The van der Waals surface area contributed by atoms with Gasteiger partial charge in [0.2, 0.25) is 0 Å². The zero-order valence-corrected chi connectivity index (χ0v) is 17.6. The summed E-state index contributed by atoms with van der Waals surface area (Å²) in [6, 6.07) is 16.0. The van der Waals surface area contributed by atoms with Crippen LogP contribution >= 0.6 is 0 Å². The molecule has 2 aliphatic rings. The fourth-order valence-corrected chi connectivity index (χ4v) is 4.59. The second kappa shape index (κ2) is 8.67. The first-order valence-corrected chi connectivity index (χ1v) is 10.8. The van der Waals surface area contributed by atoms with Crippen LogP contribution in [-0.2, 0) is 19.5 Å². The van der Waals surface area contributed by atoms with Gasteiger partial charge >= 0.3 is 0 Å². The molecule has 7 heteroatoms. The lowest BCUT2D eigenvalue weighted by molar-refractivity contribution is 0.0950. The van der Waals surface area contributed by atoms with Gasteiger partial charge in [0.05, 0.1) is 5.56 Å². The highest BCUT2D eigenvalue weighted by Gasteiger charge is 2.35. The molecule has 1 N–H and O–H groups in total. The van der Waals surface area contributed by atoms with E-state index in [1.807, 2.05) is 12.1 Å². The van der Waals surface area contributed by atoms with Crippen molar-refractivity contribution in [3.05, 3.63) is 94.7 Å². The maximum Gasteiger partial charge on any atom is 0.253 e. The van der Waals surface area contributed by atoms with Gasteiger partial charge in [-0.25, -0.2) is 13.8 Å². The van der Waals surface area contributed by atoms with Gasteiger partial charge in [0, 0.05) is 56.6 Å². The van der Waals surface area contributed by atoms with Crippen LogP contribution in [0.4, 0.5) is 14.6 Å². The number of fused-ring (bicyclic) bond motifs is 3. The highest BCUT2D eigenvalue weighted by Crippen LogP contribution is 2.33. The minimum Gasteiger partial charge on any atom is -0.350 e. The number of piperazine rings is 1. The first kappa shape index (κ1) is 20.6. The van der Waals surface area contributed by atoms with Crippen molar-refractivity contribution >= 4 is 11.7 Å². The van der Waals surface area contributed by atoms with Crippen LogP contribution in [0, 0.1) is 11.6 Å². The molecule has 5 nitrogen and oxygen atoms in total. The lowest BCUT2D eigenvalue weighted by Gasteiger charge is -2.38. The van der Waals surface area contributed by atoms with Gasteiger partial charge in [0.25, 0.3) is 5.91 Å². The third-order valence-corrected chi connectivity index (χ3v) is 6.20. The molecule has 32 heavy (non-hydrogen) atoms. The van der Waals surface area contributed by atoms with Crippen molar-refractivity contribution in [3.8, 4) is 0 Å². The van der Waals surface area contributed by atoms with Crippen molar-refractivity contribution in [3.63, 3.8) is 0 Å². The molecule has 3 aromatic rings. The summed E-state index contributed by atoms with van der Waals surface area (Å²) in [5.74, 6) is -0.677. The maximum absolute atomic E-state index is 13.8. The second-order valence-corrected chi connectivity index (χ2v) is 8.40. The quantitative estimate of drug-likeness (QED) is 0.668. The molecule has 2 aliphatic heterocycles. The summed E-state index contributed by atoms with van der Waals surface area (Å²) in [5, 5.41) is 2.70. The lowest BCUT2D eigenvalue weighted by atomic mass is 10.1. The Morgan fingerprint density at radius 3 is 2.75 bits per heavy atom. The topological polar surface area (TPSA) is 48.5 Å². The Bertz CT molecular complexity index is 1140. The molecule has 0 bridgehead atoms. The van der Waals surface area contributed by atoms with Gasteiger partial charge in [-0.2, -0.15) is 0 Å². The van der Waals surface area contributed by atoms with E-state index in [0.29, 0.717) is 11.6 Å².